The summed E-state index contributed by atoms with van der Waals surface area (Å²) in [5.41, 5.74) is 3.28. The van der Waals surface area contributed by atoms with E-state index in [0.29, 0.717) is 6.54 Å². The van der Waals surface area contributed by atoms with Crippen LogP contribution >= 0.6 is 0 Å². The maximum Gasteiger partial charge on any atom is 0.254 e. The van der Waals surface area contributed by atoms with Gasteiger partial charge in [0.1, 0.15) is 5.65 Å². The quantitative estimate of drug-likeness (QED) is 0.571. The summed E-state index contributed by atoms with van der Waals surface area (Å²) in [6.45, 7) is 11.1. The molecule has 2 heterocycles. The normalized spacial score (nSPS) is 11.6. The Bertz CT molecular complexity index is 925. The number of rotatable bonds is 9. The Morgan fingerprint density at radius 1 is 1.19 bits per heavy atom. The van der Waals surface area contributed by atoms with E-state index < -0.39 is 0 Å². The number of nitrogens with one attached hydrogen (secondary N) is 2. The molecule has 27 heavy (non-hydrogen) atoms. The van der Waals surface area contributed by atoms with Crippen molar-refractivity contribution in [3.05, 3.63) is 58.0 Å². The summed E-state index contributed by atoms with van der Waals surface area (Å²) in [5, 5.41) is 8.99. The Morgan fingerprint density at radius 3 is 2.63 bits per heavy atom. The molecule has 6 heteroatoms. The van der Waals surface area contributed by atoms with Gasteiger partial charge in [-0.25, -0.2) is 4.68 Å². The lowest BCUT2D eigenvalue weighted by Gasteiger charge is -2.17. The highest BCUT2D eigenvalue weighted by atomic mass is 16.1. The van der Waals surface area contributed by atoms with Crippen LogP contribution in [0.5, 0.6) is 0 Å². The predicted octanol–water partition coefficient (Wildman–Crippen LogP) is 2.84. The van der Waals surface area contributed by atoms with Gasteiger partial charge in [-0.15, -0.1) is 0 Å². The number of fused-ring (bicyclic) bond motifs is 1. The average molecular weight is 367 g/mol. The molecular weight excluding hydrogens is 338 g/mol. The Balaban J connectivity index is 1.72. The fourth-order valence-corrected chi connectivity index (χ4v) is 3.34. The number of aryl methyl sites for hydroxylation is 1. The van der Waals surface area contributed by atoms with Crippen LogP contribution in [0.2, 0.25) is 0 Å². The lowest BCUT2D eigenvalue weighted by molar-refractivity contribution is 0.298. The molecule has 0 amide bonds. The van der Waals surface area contributed by atoms with Crippen LogP contribution in [0.15, 0.2) is 41.2 Å². The molecule has 3 aromatic rings. The van der Waals surface area contributed by atoms with E-state index in [9.17, 15) is 4.79 Å². The topological polar surface area (TPSA) is 66.0 Å². The third-order valence-corrected chi connectivity index (χ3v) is 4.99. The van der Waals surface area contributed by atoms with Crippen molar-refractivity contribution in [2.75, 3.05) is 26.2 Å². The molecule has 0 bridgehead atoms. The highest BCUT2D eigenvalue weighted by Gasteiger charge is 2.12. The van der Waals surface area contributed by atoms with Crippen molar-refractivity contribution in [3.63, 3.8) is 0 Å². The Hall–Kier alpha value is -2.44. The standard InChI is InChI=1S/C21H29N5O/c1-4-25(5-2)13-9-12-22-15-17-14-19-16(3)24-26(20(19)23-21(17)27)18-10-7-6-8-11-18/h6-8,10-11,14,22H,4-5,9,12-13,15H2,1-3H3,(H,23,27). The molecule has 0 radical (unpaired) electrons. The van der Waals surface area contributed by atoms with E-state index in [2.05, 4.69) is 34.1 Å². The SMILES string of the molecule is CCN(CC)CCCNCc1cc2c(C)nn(-c3ccccc3)c2[nH]c1=O. The first-order chi connectivity index (χ1) is 13.1. The summed E-state index contributed by atoms with van der Waals surface area (Å²) < 4.78 is 1.80. The summed E-state index contributed by atoms with van der Waals surface area (Å²) in [5.74, 6) is 0. The molecule has 0 atom stereocenters. The van der Waals surface area contributed by atoms with Crippen LogP contribution in [0.1, 0.15) is 31.5 Å². The number of para-hydroxylation sites is 1. The molecule has 2 aromatic heterocycles. The smallest absolute Gasteiger partial charge is 0.254 e. The van der Waals surface area contributed by atoms with E-state index in [4.69, 9.17) is 0 Å². The summed E-state index contributed by atoms with van der Waals surface area (Å²) in [7, 11) is 0. The average Bonchev–Trinajstić information content (AvgIpc) is 3.01. The van der Waals surface area contributed by atoms with E-state index in [0.717, 1.165) is 60.6 Å². The van der Waals surface area contributed by atoms with E-state index >= 15 is 0 Å². The maximum atomic E-state index is 12.5. The minimum absolute atomic E-state index is 0.0594. The second-order valence-electron chi connectivity index (χ2n) is 6.78. The maximum absolute atomic E-state index is 12.5. The van der Waals surface area contributed by atoms with Gasteiger partial charge >= 0.3 is 0 Å². The van der Waals surface area contributed by atoms with Crippen molar-refractivity contribution >= 4 is 11.0 Å². The van der Waals surface area contributed by atoms with Gasteiger partial charge in [0.05, 0.1) is 11.4 Å². The van der Waals surface area contributed by atoms with E-state index in [1.807, 2.05) is 43.3 Å². The summed E-state index contributed by atoms with van der Waals surface area (Å²) in [6.07, 6.45) is 1.08. The molecular formula is C21H29N5O. The third-order valence-electron chi connectivity index (χ3n) is 4.99. The van der Waals surface area contributed by atoms with Crippen LogP contribution in [-0.2, 0) is 6.54 Å². The molecule has 0 aliphatic heterocycles. The van der Waals surface area contributed by atoms with Crippen LogP contribution in [0.4, 0.5) is 0 Å². The van der Waals surface area contributed by atoms with Crippen LogP contribution in [-0.4, -0.2) is 45.8 Å². The Morgan fingerprint density at radius 2 is 1.93 bits per heavy atom. The van der Waals surface area contributed by atoms with Gasteiger partial charge in [-0.1, -0.05) is 32.0 Å². The van der Waals surface area contributed by atoms with Gasteiger partial charge in [0.2, 0.25) is 0 Å². The zero-order valence-electron chi connectivity index (χ0n) is 16.5. The highest BCUT2D eigenvalue weighted by Crippen LogP contribution is 2.19. The molecule has 0 unspecified atom stereocenters. The number of aromatic nitrogens is 3. The largest absolute Gasteiger partial charge is 0.312 e. The zero-order valence-corrected chi connectivity index (χ0v) is 16.5. The van der Waals surface area contributed by atoms with Gasteiger partial charge in [-0.3, -0.25) is 4.79 Å². The van der Waals surface area contributed by atoms with Gasteiger partial charge in [0.15, 0.2) is 0 Å². The second-order valence-corrected chi connectivity index (χ2v) is 6.78. The molecule has 2 N–H and O–H groups in total. The monoisotopic (exact) mass is 367 g/mol. The molecule has 0 fully saturated rings. The minimum Gasteiger partial charge on any atom is -0.312 e. The first kappa shape index (κ1) is 19.3. The lowest BCUT2D eigenvalue weighted by Crippen LogP contribution is -2.28. The summed E-state index contributed by atoms with van der Waals surface area (Å²) in [6, 6.07) is 11.8. The van der Waals surface area contributed by atoms with Crippen molar-refractivity contribution in [2.45, 2.75) is 33.7 Å². The van der Waals surface area contributed by atoms with Crippen LogP contribution in [0.3, 0.4) is 0 Å². The molecule has 0 aliphatic rings. The minimum atomic E-state index is -0.0594. The molecule has 0 aliphatic carbocycles. The van der Waals surface area contributed by atoms with Crippen molar-refractivity contribution in [2.24, 2.45) is 0 Å². The summed E-state index contributed by atoms with van der Waals surface area (Å²) in [4.78, 5) is 18.0. The zero-order chi connectivity index (χ0) is 19.2. The van der Waals surface area contributed by atoms with E-state index in [-0.39, 0.29) is 5.56 Å². The fourth-order valence-electron chi connectivity index (χ4n) is 3.34. The number of H-pyrrole nitrogens is 1. The van der Waals surface area contributed by atoms with Crippen molar-refractivity contribution in [1.29, 1.82) is 0 Å². The number of hydrogen-bond acceptors (Lipinski definition) is 4. The van der Waals surface area contributed by atoms with E-state index in [1.165, 1.54) is 0 Å². The van der Waals surface area contributed by atoms with Crippen molar-refractivity contribution in [1.82, 2.24) is 25.0 Å². The van der Waals surface area contributed by atoms with Gasteiger partial charge in [-0.2, -0.15) is 5.10 Å². The molecule has 144 valence electrons. The fraction of sp³-hybridized carbons (Fsp3) is 0.429. The van der Waals surface area contributed by atoms with Crippen LogP contribution < -0.4 is 10.9 Å². The Labute approximate surface area is 160 Å². The van der Waals surface area contributed by atoms with Crippen molar-refractivity contribution < 1.29 is 0 Å². The van der Waals surface area contributed by atoms with Crippen LogP contribution in [0.25, 0.3) is 16.7 Å². The predicted molar refractivity (Wildman–Crippen MR) is 111 cm³/mol. The van der Waals surface area contributed by atoms with Gasteiger partial charge in [0, 0.05) is 17.5 Å². The van der Waals surface area contributed by atoms with Gasteiger partial charge in [-0.05, 0) is 57.7 Å². The highest BCUT2D eigenvalue weighted by molar-refractivity contribution is 5.80. The molecule has 1 aromatic carbocycles. The number of aromatic amines is 1. The summed E-state index contributed by atoms with van der Waals surface area (Å²) >= 11 is 0. The van der Waals surface area contributed by atoms with Crippen molar-refractivity contribution in [3.8, 4) is 5.69 Å². The number of benzene rings is 1. The molecule has 3 rings (SSSR count). The number of hydrogen-bond donors (Lipinski definition) is 2. The first-order valence-electron chi connectivity index (χ1n) is 9.74. The number of nitrogens with zero attached hydrogens (tertiary/aromatic N) is 3. The molecule has 6 nitrogen and oxygen atoms in total. The molecule has 0 spiro atoms. The first-order valence-corrected chi connectivity index (χ1v) is 9.74. The number of pyridine rings is 1. The molecule has 0 saturated carbocycles. The molecule has 0 saturated heterocycles. The van der Waals surface area contributed by atoms with E-state index in [1.54, 1.807) is 4.68 Å². The van der Waals surface area contributed by atoms with Crippen LogP contribution in [0, 0.1) is 6.92 Å². The third kappa shape index (κ3) is 4.46. The lowest BCUT2D eigenvalue weighted by atomic mass is 10.2. The second kappa shape index (κ2) is 8.97. The van der Waals surface area contributed by atoms with Gasteiger partial charge < -0.3 is 15.2 Å². The van der Waals surface area contributed by atoms with Gasteiger partial charge in [0.25, 0.3) is 5.56 Å². The Kier molecular flexibility index (Phi) is 6.42.